The second-order valence-corrected chi connectivity index (χ2v) is 35.0. The van der Waals surface area contributed by atoms with Gasteiger partial charge < -0.3 is 139 Å². The fourth-order valence-corrected chi connectivity index (χ4v) is 14.7. The molecule has 5 aromatic carbocycles. The Hall–Kier alpha value is -13.0. The molecule has 0 fully saturated rings. The summed E-state index contributed by atoms with van der Waals surface area (Å²) in [7, 11) is 0. The molecule has 790 valence electrons. The number of carbonyl (C=O) groups excluding carboxylic acids is 11. The Balaban J connectivity index is 0.937. The van der Waals surface area contributed by atoms with Gasteiger partial charge in [-0.05, 0) is 163 Å². The van der Waals surface area contributed by atoms with Crippen molar-refractivity contribution in [3.05, 3.63) is 172 Å². The number of aliphatic hydroxyl groups is 3. The number of carbonyl (C=O) groups is 12. The van der Waals surface area contributed by atoms with Crippen molar-refractivity contribution in [1.82, 2.24) is 88.8 Å². The first-order valence-corrected chi connectivity index (χ1v) is 47.5. The van der Waals surface area contributed by atoms with E-state index < -0.39 is 181 Å². The number of aromatic nitrogens is 7. The molecule has 47 heteroatoms. The average Bonchev–Trinajstić information content (AvgIpc) is 0.845. The van der Waals surface area contributed by atoms with Crippen LogP contribution in [0.1, 0.15) is 124 Å². The van der Waals surface area contributed by atoms with E-state index in [1.807, 2.05) is 63.4 Å². The van der Waals surface area contributed by atoms with Gasteiger partial charge in [0.1, 0.15) is 76.4 Å². The highest BCUT2D eigenvalue weighted by Crippen LogP contribution is 2.30. The second kappa shape index (κ2) is 62.5. The van der Waals surface area contributed by atoms with Gasteiger partial charge in [-0.3, -0.25) is 62.2 Å². The molecule has 46 nitrogen and oxygen atoms in total. The number of aromatic amines is 1. The lowest BCUT2D eigenvalue weighted by atomic mass is 9.90. The third kappa shape index (κ3) is 42.5. The van der Waals surface area contributed by atoms with Crippen LogP contribution in [0.3, 0.4) is 0 Å². The zero-order chi connectivity index (χ0) is 105. The van der Waals surface area contributed by atoms with Crippen LogP contribution in [0.2, 0.25) is 0 Å². The Morgan fingerprint density at radius 2 is 1.09 bits per heavy atom. The van der Waals surface area contributed by atoms with E-state index in [9.17, 15) is 83.1 Å². The predicted molar refractivity (Wildman–Crippen MR) is 518 cm³/mol. The van der Waals surface area contributed by atoms with E-state index >= 15 is 4.39 Å². The molecule has 0 saturated heterocycles. The van der Waals surface area contributed by atoms with Crippen molar-refractivity contribution in [3.8, 4) is 22.6 Å². The molecule has 11 atom stereocenters. The highest BCUT2D eigenvalue weighted by atomic mass is 19.1. The van der Waals surface area contributed by atoms with Crippen molar-refractivity contribution in [2.75, 3.05) is 125 Å². The number of ether oxygens (including phenoxy) is 9. The van der Waals surface area contributed by atoms with Crippen molar-refractivity contribution < 1.29 is 130 Å². The second-order valence-electron chi connectivity index (χ2n) is 35.0. The molecule has 0 spiro atoms. The van der Waals surface area contributed by atoms with Crippen LogP contribution < -0.4 is 75.1 Å². The maximum Gasteiger partial charge on any atom is 0.305 e. The normalized spacial score (nSPS) is 14.0. The van der Waals surface area contributed by atoms with Crippen LogP contribution >= 0.6 is 0 Å². The van der Waals surface area contributed by atoms with Crippen molar-refractivity contribution in [2.45, 2.75) is 211 Å². The third-order valence-corrected chi connectivity index (χ3v) is 22.4. The van der Waals surface area contributed by atoms with Crippen molar-refractivity contribution >= 4 is 70.9 Å². The molecule has 0 aliphatic carbocycles. The summed E-state index contributed by atoms with van der Waals surface area (Å²) < 4.78 is 67.7. The summed E-state index contributed by atoms with van der Waals surface area (Å²) in [6.07, 6.45) is -1.60. The Morgan fingerprint density at radius 3 is 1.66 bits per heavy atom. The maximum atomic E-state index is 15.6. The number of tetrazole rings is 1. The van der Waals surface area contributed by atoms with Crippen LogP contribution in [0.4, 0.5) is 4.39 Å². The number of unbranched alkanes of at least 4 members (excludes halogenated alkanes) is 1. The number of nitrogens with one attached hydrogen (secondary N) is 11. The van der Waals surface area contributed by atoms with E-state index in [4.69, 9.17) is 59.8 Å². The summed E-state index contributed by atoms with van der Waals surface area (Å²) in [5.41, 5.74) is 20.3. The van der Waals surface area contributed by atoms with Gasteiger partial charge in [-0.2, -0.15) is 5.21 Å². The van der Waals surface area contributed by atoms with Crippen LogP contribution in [0.25, 0.3) is 11.1 Å². The first-order valence-electron chi connectivity index (χ1n) is 47.5. The molecule has 7 rings (SSSR count). The van der Waals surface area contributed by atoms with Crippen LogP contribution in [-0.2, 0) is 147 Å². The molecule has 144 heavy (non-hydrogen) atoms. The number of hydrogen-bond acceptors (Lipinski definition) is 32. The number of aryl methyl sites for hydroxylation is 5. The number of benzene rings is 5. The minimum atomic E-state index is -2.43. The fourth-order valence-electron chi connectivity index (χ4n) is 14.7. The number of phenols is 1. The minimum Gasteiger partial charge on any atom is -0.508 e. The van der Waals surface area contributed by atoms with E-state index in [1.165, 1.54) is 44.2 Å². The topological polar surface area (TPSA) is 673 Å². The largest absolute Gasteiger partial charge is 0.508 e. The van der Waals surface area contributed by atoms with Gasteiger partial charge in [-0.15, -0.1) is 15.3 Å². The molecule has 11 amide bonds. The van der Waals surface area contributed by atoms with E-state index in [0.717, 1.165) is 66.6 Å². The predicted octanol–water partition coefficient (Wildman–Crippen LogP) is -1.45. The van der Waals surface area contributed by atoms with Crippen molar-refractivity contribution in [2.24, 2.45) is 17.2 Å². The van der Waals surface area contributed by atoms with Crippen molar-refractivity contribution in [3.63, 3.8) is 0 Å². The lowest BCUT2D eigenvalue weighted by Gasteiger charge is -2.34. The van der Waals surface area contributed by atoms with E-state index in [2.05, 4.69) is 84.1 Å². The summed E-state index contributed by atoms with van der Waals surface area (Å²) in [5.74, 6) is -14.5. The van der Waals surface area contributed by atoms with Gasteiger partial charge in [0, 0.05) is 32.4 Å². The average molecular weight is 2020 g/mol. The molecule has 0 saturated carbocycles. The number of carboxylic acid groups (broad SMARTS) is 1. The fraction of sp³-hybridized carbons (Fsp3) is 0.536. The van der Waals surface area contributed by atoms with Crippen LogP contribution in [-0.4, -0.2) is 329 Å². The number of amides is 11. The summed E-state index contributed by atoms with van der Waals surface area (Å²) in [6.45, 7) is 17.8. The molecular weight excluding hydrogens is 1880 g/mol. The lowest BCUT2D eigenvalue weighted by molar-refractivity contribution is -0.142. The number of aromatic hydroxyl groups is 1. The number of rotatable bonds is 71. The van der Waals surface area contributed by atoms with E-state index in [0.29, 0.717) is 167 Å². The Kier molecular flexibility index (Phi) is 51.2. The molecule has 0 unspecified atom stereocenters. The Morgan fingerprint density at radius 1 is 0.542 bits per heavy atom. The molecule has 0 bridgehead atoms. The first-order chi connectivity index (χ1) is 68.9. The van der Waals surface area contributed by atoms with E-state index in [-0.39, 0.29) is 43.0 Å². The number of aliphatic hydroxyl groups excluding tert-OH is 3. The zero-order valence-electron chi connectivity index (χ0n) is 82.5. The van der Waals surface area contributed by atoms with Crippen molar-refractivity contribution in [1.29, 1.82) is 0 Å². The molecule has 22 N–H and O–H groups in total. The number of aliphatic carboxylic acids is 1. The standard InChI is InChI=1S/C97H139FN20O26/c1-9-67-52-72(144-31-13-12-30-118-57-70(112-117-118)59-143-46-45-142-44-43-141-42-41-140-40-39-139-38-37-138-36-35-137-34-33-136-32-29-99)27-28-73(67)68-23-19-65(20-24-68)51-77(89(129)103-76(86(101)126)18-14-15-66-48-60(2)47-61(3)49-66)104-90(130)79(54-83(124)125)105-91(131)80(58-119)106-92(132)84(62(4)120)109-95(135)97(8,55-69-16-10-11-17-74(69)98)111-93(133)85(63(5)121)108-82(123)56-102-88(128)78(53-81-113-115-116-114-81)107-94(134)96(6,7)110-87(127)75(100)50-64-21-25-71(122)26-22-64/h10-11,16-17,19-28,47-49,52,57,62-63,75-80,84-85,119-122H,9,12-15,18,29-46,50-51,53-56,58-59,99-100H2,1-8H3,(H2,101,126)(H,102,128)(H,103,129)(H,104,130)(H,105,131)(H,106,132)(H,107,134)(H,108,123)(H,109,135)(H,110,127)(H,111,133)(H,124,125)(H,113,114,115,116)/t62-,63-,75+,76+,77+,78+,79+,80+,84+,85+,97+/m1/s1. The van der Waals surface area contributed by atoms with Crippen LogP contribution in [0.5, 0.6) is 11.5 Å². The number of nitrogens with two attached hydrogens (primary N) is 3. The summed E-state index contributed by atoms with van der Waals surface area (Å²) >= 11 is 0. The monoisotopic (exact) mass is 2020 g/mol. The summed E-state index contributed by atoms with van der Waals surface area (Å²) in [4.78, 5) is 168. The number of H-pyrrole nitrogens is 1. The molecular formula is C97H139FN20O26. The molecule has 2 heterocycles. The molecule has 2 aromatic heterocycles. The smallest absolute Gasteiger partial charge is 0.305 e. The summed E-state index contributed by atoms with van der Waals surface area (Å²) in [6, 6.07) is 15.5. The van der Waals surface area contributed by atoms with Gasteiger partial charge in [0.25, 0.3) is 0 Å². The number of primary amides is 1. The Labute approximate surface area is 833 Å². The number of phenolic OH excluding ortho intramolecular Hbond substituents is 1. The third-order valence-electron chi connectivity index (χ3n) is 22.4. The molecule has 0 radical (unpaired) electrons. The quantitative estimate of drug-likeness (QED) is 0.0194. The SMILES string of the molecule is CCc1cc(OCCCCn2cc(COCCOCCOCCOCCOCCOCCOCCOCCN)nn2)ccc1-c1ccc(C[C@H](NC(=O)[C@H](CC(=O)O)NC(=O)[C@H](CO)NC(=O)[C@@H](NC(=O)[C@](C)(Cc2ccccc2F)NC(=O)[C@@H](NC(=O)CNC(=O)[C@H](Cc2nn[nH]n2)NC(=O)C(C)(C)NC(=O)[C@@H](N)Cc2ccc(O)cc2)[C@@H](C)O)[C@@H](C)O)C(=O)N[C@@H](CCCc2cc(C)cc(C)c2)C(N)=O)cc1. The highest BCUT2D eigenvalue weighted by molar-refractivity contribution is 6.01. The van der Waals surface area contributed by atoms with Gasteiger partial charge in [-0.25, -0.2) is 4.39 Å². The van der Waals surface area contributed by atoms with Crippen LogP contribution in [0.15, 0.2) is 115 Å². The van der Waals surface area contributed by atoms with Gasteiger partial charge in [0.2, 0.25) is 65.0 Å². The van der Waals surface area contributed by atoms with Gasteiger partial charge in [0.15, 0.2) is 5.82 Å². The van der Waals surface area contributed by atoms with E-state index in [1.54, 1.807) is 41.1 Å². The first kappa shape index (κ1) is 118. The molecule has 7 aromatic rings. The highest BCUT2D eigenvalue weighted by Gasteiger charge is 2.43. The Bertz CT molecular complexity index is 5180. The summed E-state index contributed by atoms with van der Waals surface area (Å²) in [5, 5.41) is 98.3. The van der Waals surface area contributed by atoms with Gasteiger partial charge >= 0.3 is 5.97 Å². The number of hydrogen-bond donors (Lipinski definition) is 19. The maximum absolute atomic E-state index is 15.6. The number of halogens is 1. The number of nitrogens with zero attached hydrogens (tertiary/aromatic N) is 6. The number of carboxylic acids is 1. The molecule has 0 aliphatic heterocycles. The zero-order valence-corrected chi connectivity index (χ0v) is 82.5. The lowest BCUT2D eigenvalue weighted by Crippen LogP contribution is -2.67. The van der Waals surface area contributed by atoms with Crippen LogP contribution in [0, 0.1) is 19.7 Å². The molecule has 0 aliphatic rings. The van der Waals surface area contributed by atoms with Gasteiger partial charge in [0.05, 0.1) is 156 Å². The van der Waals surface area contributed by atoms with Gasteiger partial charge in [-0.1, -0.05) is 107 Å². The minimum absolute atomic E-state index is 0.0141.